The number of rotatable bonds is 4. The van der Waals surface area contributed by atoms with Crippen molar-refractivity contribution in [2.75, 3.05) is 34.2 Å². The molecule has 0 aromatic carbocycles. The van der Waals surface area contributed by atoms with Crippen molar-refractivity contribution in [2.24, 2.45) is 0 Å². The maximum atomic E-state index is 2.40. The lowest BCUT2D eigenvalue weighted by molar-refractivity contribution is 0.317. The second-order valence-electron chi connectivity index (χ2n) is 4.85. The lowest BCUT2D eigenvalue weighted by Crippen LogP contribution is -2.29. The van der Waals surface area contributed by atoms with E-state index < -0.39 is 0 Å². The molecule has 0 fully saturated rings. The second-order valence-corrected chi connectivity index (χ2v) is 4.85. The Kier molecular flexibility index (Phi) is 4.40. The summed E-state index contributed by atoms with van der Waals surface area (Å²) in [7, 11) is 6.46. The highest BCUT2D eigenvalue weighted by Crippen LogP contribution is 2.24. The van der Waals surface area contributed by atoms with Crippen molar-refractivity contribution in [1.29, 1.82) is 0 Å². The van der Waals surface area contributed by atoms with Gasteiger partial charge < -0.3 is 9.80 Å². The standard InChI is InChI=1S/C13H24N2/c1-11-6-7-13(12(2)10-11)15(5)9-8-14(3)4/h10H,6-9H2,1-5H3. The largest absolute Gasteiger partial charge is 0.376 e. The summed E-state index contributed by atoms with van der Waals surface area (Å²) in [5.41, 5.74) is 4.47. The molecule has 0 N–H and O–H groups in total. The third-order valence-electron chi connectivity index (χ3n) is 3.02. The molecule has 0 radical (unpaired) electrons. The van der Waals surface area contributed by atoms with Crippen molar-refractivity contribution in [2.45, 2.75) is 26.7 Å². The van der Waals surface area contributed by atoms with Gasteiger partial charge in [0, 0.05) is 25.8 Å². The number of likely N-dealkylation sites (N-methyl/N-ethyl adjacent to an activating group) is 2. The van der Waals surface area contributed by atoms with E-state index in [1.54, 1.807) is 0 Å². The van der Waals surface area contributed by atoms with Gasteiger partial charge in [-0.15, -0.1) is 0 Å². The summed E-state index contributed by atoms with van der Waals surface area (Å²) in [5.74, 6) is 0. The predicted octanol–water partition coefficient (Wildman–Crippen LogP) is 2.49. The van der Waals surface area contributed by atoms with E-state index in [0.717, 1.165) is 13.1 Å². The maximum Gasteiger partial charge on any atom is 0.0299 e. The van der Waals surface area contributed by atoms with Gasteiger partial charge >= 0.3 is 0 Å². The Morgan fingerprint density at radius 2 is 1.73 bits per heavy atom. The van der Waals surface area contributed by atoms with Gasteiger partial charge in [-0.3, -0.25) is 0 Å². The van der Waals surface area contributed by atoms with E-state index in [4.69, 9.17) is 0 Å². The van der Waals surface area contributed by atoms with Crippen LogP contribution in [0.5, 0.6) is 0 Å². The molecular formula is C13H24N2. The summed E-state index contributed by atoms with van der Waals surface area (Å²) in [5, 5.41) is 0. The zero-order valence-electron chi connectivity index (χ0n) is 10.8. The summed E-state index contributed by atoms with van der Waals surface area (Å²) in [6, 6.07) is 0. The predicted molar refractivity (Wildman–Crippen MR) is 66.9 cm³/mol. The topological polar surface area (TPSA) is 6.48 Å². The zero-order chi connectivity index (χ0) is 11.4. The van der Waals surface area contributed by atoms with E-state index in [0.29, 0.717) is 0 Å². The van der Waals surface area contributed by atoms with Crippen molar-refractivity contribution in [3.8, 4) is 0 Å². The lowest BCUT2D eigenvalue weighted by Gasteiger charge is -2.28. The van der Waals surface area contributed by atoms with Gasteiger partial charge in [0.15, 0.2) is 0 Å². The molecule has 2 heteroatoms. The number of hydrogen-bond donors (Lipinski definition) is 0. The molecule has 1 aliphatic carbocycles. The van der Waals surface area contributed by atoms with Crippen molar-refractivity contribution in [3.05, 3.63) is 22.9 Å². The first-order valence-electron chi connectivity index (χ1n) is 5.73. The SMILES string of the molecule is CC1=CC(C)=C(N(C)CCN(C)C)CC1. The van der Waals surface area contributed by atoms with Crippen molar-refractivity contribution >= 4 is 0 Å². The van der Waals surface area contributed by atoms with Gasteiger partial charge in [-0.2, -0.15) is 0 Å². The Morgan fingerprint density at radius 3 is 2.27 bits per heavy atom. The van der Waals surface area contributed by atoms with Gasteiger partial charge in [0.25, 0.3) is 0 Å². The van der Waals surface area contributed by atoms with E-state index in [9.17, 15) is 0 Å². The van der Waals surface area contributed by atoms with Crippen LogP contribution in [0.25, 0.3) is 0 Å². The molecule has 0 saturated heterocycles. The van der Waals surface area contributed by atoms with Crippen LogP contribution in [0.4, 0.5) is 0 Å². The van der Waals surface area contributed by atoms with Crippen LogP contribution < -0.4 is 0 Å². The third-order valence-corrected chi connectivity index (χ3v) is 3.02. The fraction of sp³-hybridized carbons (Fsp3) is 0.692. The molecule has 0 saturated carbocycles. The minimum atomic E-state index is 1.12. The normalized spacial score (nSPS) is 17.1. The zero-order valence-corrected chi connectivity index (χ0v) is 10.8. The molecule has 0 aromatic rings. The summed E-state index contributed by atoms with van der Waals surface area (Å²) < 4.78 is 0. The first kappa shape index (κ1) is 12.3. The highest BCUT2D eigenvalue weighted by molar-refractivity contribution is 5.30. The molecule has 0 bridgehead atoms. The molecule has 0 atom stereocenters. The van der Waals surface area contributed by atoms with E-state index in [-0.39, 0.29) is 0 Å². The first-order chi connectivity index (χ1) is 7.00. The summed E-state index contributed by atoms with van der Waals surface area (Å²) in [6.07, 6.45) is 4.75. The fourth-order valence-corrected chi connectivity index (χ4v) is 2.01. The second kappa shape index (κ2) is 5.36. The summed E-state index contributed by atoms with van der Waals surface area (Å²) in [6.45, 7) is 6.69. The smallest absolute Gasteiger partial charge is 0.0299 e. The Hall–Kier alpha value is -0.760. The highest BCUT2D eigenvalue weighted by Gasteiger charge is 2.12. The Bertz CT molecular complexity index is 274. The molecule has 1 aliphatic rings. The molecular weight excluding hydrogens is 184 g/mol. The van der Waals surface area contributed by atoms with E-state index in [1.165, 1.54) is 29.7 Å². The van der Waals surface area contributed by atoms with Crippen LogP contribution in [0.1, 0.15) is 26.7 Å². The molecule has 0 unspecified atom stereocenters. The summed E-state index contributed by atoms with van der Waals surface area (Å²) in [4.78, 5) is 4.63. The van der Waals surface area contributed by atoms with Crippen LogP contribution in [0, 0.1) is 0 Å². The van der Waals surface area contributed by atoms with Crippen LogP contribution in [-0.4, -0.2) is 44.0 Å². The minimum Gasteiger partial charge on any atom is -0.376 e. The van der Waals surface area contributed by atoms with Gasteiger partial charge in [0.1, 0.15) is 0 Å². The summed E-state index contributed by atoms with van der Waals surface area (Å²) >= 11 is 0. The molecule has 0 spiro atoms. The van der Waals surface area contributed by atoms with Crippen molar-refractivity contribution in [3.63, 3.8) is 0 Å². The quantitative estimate of drug-likeness (QED) is 0.700. The molecule has 1 rings (SSSR count). The van der Waals surface area contributed by atoms with Gasteiger partial charge in [0.2, 0.25) is 0 Å². The molecule has 0 aromatic heterocycles. The Balaban J connectivity index is 2.59. The highest BCUT2D eigenvalue weighted by atomic mass is 15.2. The number of hydrogen-bond acceptors (Lipinski definition) is 2. The average Bonchev–Trinajstić information content (AvgIpc) is 2.14. The number of allylic oxidation sites excluding steroid dienone is 4. The van der Waals surface area contributed by atoms with Gasteiger partial charge in [-0.25, -0.2) is 0 Å². The van der Waals surface area contributed by atoms with Crippen LogP contribution in [0.2, 0.25) is 0 Å². The Labute approximate surface area is 94.3 Å². The van der Waals surface area contributed by atoms with Gasteiger partial charge in [-0.05, 0) is 46.4 Å². The van der Waals surface area contributed by atoms with Crippen molar-refractivity contribution < 1.29 is 0 Å². The van der Waals surface area contributed by atoms with Crippen LogP contribution >= 0.6 is 0 Å². The molecule has 15 heavy (non-hydrogen) atoms. The Morgan fingerprint density at radius 1 is 1.07 bits per heavy atom. The van der Waals surface area contributed by atoms with E-state index >= 15 is 0 Å². The fourth-order valence-electron chi connectivity index (χ4n) is 2.01. The monoisotopic (exact) mass is 208 g/mol. The maximum absolute atomic E-state index is 2.40. The molecule has 0 aliphatic heterocycles. The molecule has 0 amide bonds. The minimum absolute atomic E-state index is 1.12. The molecule has 0 heterocycles. The van der Waals surface area contributed by atoms with Gasteiger partial charge in [0.05, 0.1) is 0 Å². The average molecular weight is 208 g/mol. The van der Waals surface area contributed by atoms with Crippen LogP contribution in [0.3, 0.4) is 0 Å². The van der Waals surface area contributed by atoms with Gasteiger partial charge in [-0.1, -0.05) is 11.6 Å². The van der Waals surface area contributed by atoms with Crippen LogP contribution in [0.15, 0.2) is 22.9 Å². The lowest BCUT2D eigenvalue weighted by atomic mass is 9.98. The molecule has 2 nitrogen and oxygen atoms in total. The third kappa shape index (κ3) is 3.71. The number of nitrogens with zero attached hydrogens (tertiary/aromatic N) is 2. The van der Waals surface area contributed by atoms with E-state index in [1.807, 2.05) is 0 Å². The first-order valence-corrected chi connectivity index (χ1v) is 5.73. The van der Waals surface area contributed by atoms with Crippen LogP contribution in [-0.2, 0) is 0 Å². The van der Waals surface area contributed by atoms with E-state index in [2.05, 4.69) is 50.9 Å². The molecule has 86 valence electrons. The van der Waals surface area contributed by atoms with Crippen molar-refractivity contribution in [1.82, 2.24) is 9.80 Å².